The smallest absolute Gasteiger partial charge is 0.263 e. The number of rotatable bonds is 3. The summed E-state index contributed by atoms with van der Waals surface area (Å²) in [6.07, 6.45) is 5.51. The molecule has 3 aromatic rings. The van der Waals surface area contributed by atoms with E-state index in [0.29, 0.717) is 11.6 Å². The standard InChI is InChI=1S/C22H25N5O2/c1-15-4-6-16(7-5-15)19-18-20(23-14-24-21(18)29-25-19)26-12-8-17(9-13-26)22(28)27-10-2-3-11-27/h4-7,14,17H,2-3,8-13H2,1H3. The van der Waals surface area contributed by atoms with Crippen LogP contribution in [0.15, 0.2) is 35.1 Å². The van der Waals surface area contributed by atoms with E-state index in [1.165, 1.54) is 11.9 Å². The van der Waals surface area contributed by atoms with Crippen molar-refractivity contribution in [1.82, 2.24) is 20.0 Å². The summed E-state index contributed by atoms with van der Waals surface area (Å²) >= 11 is 0. The monoisotopic (exact) mass is 391 g/mol. The summed E-state index contributed by atoms with van der Waals surface area (Å²) in [5.74, 6) is 1.31. The van der Waals surface area contributed by atoms with Gasteiger partial charge in [-0.05, 0) is 32.6 Å². The van der Waals surface area contributed by atoms with Crippen molar-refractivity contribution in [3.05, 3.63) is 36.2 Å². The number of hydrogen-bond acceptors (Lipinski definition) is 6. The van der Waals surface area contributed by atoms with Crippen molar-refractivity contribution in [1.29, 1.82) is 0 Å². The highest BCUT2D eigenvalue weighted by atomic mass is 16.5. The number of fused-ring (bicyclic) bond motifs is 1. The van der Waals surface area contributed by atoms with Crippen molar-refractivity contribution < 1.29 is 9.32 Å². The Hall–Kier alpha value is -2.96. The molecule has 0 N–H and O–H groups in total. The number of anilines is 1. The minimum absolute atomic E-state index is 0.126. The van der Waals surface area contributed by atoms with E-state index in [0.717, 1.165) is 74.3 Å². The summed E-state index contributed by atoms with van der Waals surface area (Å²) in [7, 11) is 0. The first-order chi connectivity index (χ1) is 14.2. The second kappa shape index (κ2) is 7.46. The number of hydrogen-bond donors (Lipinski definition) is 0. The molecule has 29 heavy (non-hydrogen) atoms. The van der Waals surface area contributed by atoms with Gasteiger partial charge >= 0.3 is 0 Å². The Kier molecular flexibility index (Phi) is 4.66. The first-order valence-corrected chi connectivity index (χ1v) is 10.4. The van der Waals surface area contributed by atoms with Crippen molar-refractivity contribution in [2.45, 2.75) is 32.6 Å². The van der Waals surface area contributed by atoms with Gasteiger partial charge in [0.1, 0.15) is 23.2 Å². The van der Waals surface area contributed by atoms with Gasteiger partial charge in [0.25, 0.3) is 5.71 Å². The van der Waals surface area contributed by atoms with E-state index in [4.69, 9.17) is 4.52 Å². The maximum atomic E-state index is 12.7. The van der Waals surface area contributed by atoms with Crippen LogP contribution in [-0.2, 0) is 4.79 Å². The van der Waals surface area contributed by atoms with E-state index >= 15 is 0 Å². The van der Waals surface area contributed by atoms with Gasteiger partial charge in [-0.1, -0.05) is 35.0 Å². The molecule has 0 atom stereocenters. The third-order valence-corrected chi connectivity index (χ3v) is 6.14. The maximum absolute atomic E-state index is 12.7. The molecule has 150 valence electrons. The summed E-state index contributed by atoms with van der Waals surface area (Å²) in [6, 6.07) is 8.22. The molecule has 1 amide bonds. The maximum Gasteiger partial charge on any atom is 0.263 e. The van der Waals surface area contributed by atoms with E-state index in [2.05, 4.69) is 39.1 Å². The van der Waals surface area contributed by atoms with Crippen molar-refractivity contribution in [2.24, 2.45) is 5.92 Å². The first-order valence-electron chi connectivity index (χ1n) is 10.4. The molecule has 4 heterocycles. The highest BCUT2D eigenvalue weighted by Gasteiger charge is 2.31. The normalized spacial score (nSPS) is 18.0. The van der Waals surface area contributed by atoms with E-state index in [9.17, 15) is 4.79 Å². The van der Waals surface area contributed by atoms with Crippen LogP contribution in [0.1, 0.15) is 31.2 Å². The summed E-state index contributed by atoms with van der Waals surface area (Å²) in [6.45, 7) is 5.51. The molecule has 0 bridgehead atoms. The van der Waals surface area contributed by atoms with Crippen LogP contribution in [0.5, 0.6) is 0 Å². The average molecular weight is 391 g/mol. The molecular weight excluding hydrogens is 366 g/mol. The number of carbonyl (C=O) groups excluding carboxylic acids is 1. The largest absolute Gasteiger partial charge is 0.356 e. The van der Waals surface area contributed by atoms with E-state index < -0.39 is 0 Å². The zero-order valence-corrected chi connectivity index (χ0v) is 16.7. The fourth-order valence-electron chi connectivity index (χ4n) is 4.45. The van der Waals surface area contributed by atoms with Crippen LogP contribution < -0.4 is 4.90 Å². The van der Waals surface area contributed by atoms with E-state index in [1.54, 1.807) is 0 Å². The summed E-state index contributed by atoms with van der Waals surface area (Å²) < 4.78 is 5.50. The van der Waals surface area contributed by atoms with Gasteiger partial charge in [0.05, 0.1) is 0 Å². The van der Waals surface area contributed by atoms with Gasteiger partial charge in [-0.15, -0.1) is 0 Å². The highest BCUT2D eigenvalue weighted by Crippen LogP contribution is 2.35. The Morgan fingerprint density at radius 3 is 2.48 bits per heavy atom. The van der Waals surface area contributed by atoms with Crippen LogP contribution in [0.4, 0.5) is 5.82 Å². The van der Waals surface area contributed by atoms with Crippen molar-refractivity contribution >= 4 is 22.8 Å². The van der Waals surface area contributed by atoms with Crippen LogP contribution in [0.3, 0.4) is 0 Å². The van der Waals surface area contributed by atoms with Crippen molar-refractivity contribution in [3.63, 3.8) is 0 Å². The lowest BCUT2D eigenvalue weighted by Gasteiger charge is -2.34. The Balaban J connectivity index is 1.40. The molecule has 2 aliphatic heterocycles. The minimum atomic E-state index is 0.126. The minimum Gasteiger partial charge on any atom is -0.356 e. The predicted octanol–water partition coefficient (Wildman–Crippen LogP) is 3.43. The number of carbonyl (C=O) groups is 1. The average Bonchev–Trinajstić information content (AvgIpc) is 3.44. The lowest BCUT2D eigenvalue weighted by molar-refractivity contribution is -0.135. The highest BCUT2D eigenvalue weighted by molar-refractivity contribution is 5.98. The molecule has 0 saturated carbocycles. The number of nitrogens with zero attached hydrogens (tertiary/aromatic N) is 5. The summed E-state index contributed by atoms with van der Waals surface area (Å²) in [5, 5.41) is 5.13. The third kappa shape index (κ3) is 3.34. The Bertz CT molecular complexity index is 1020. The number of likely N-dealkylation sites (tertiary alicyclic amines) is 1. The second-order valence-corrected chi connectivity index (χ2v) is 8.07. The molecule has 5 rings (SSSR count). The number of aryl methyl sites for hydroxylation is 1. The van der Waals surface area contributed by atoms with Crippen LogP contribution in [0, 0.1) is 12.8 Å². The van der Waals surface area contributed by atoms with E-state index in [1.807, 2.05) is 17.0 Å². The molecule has 7 nitrogen and oxygen atoms in total. The fraction of sp³-hybridized carbons (Fsp3) is 0.455. The Morgan fingerprint density at radius 2 is 1.76 bits per heavy atom. The molecule has 0 unspecified atom stereocenters. The lowest BCUT2D eigenvalue weighted by atomic mass is 9.95. The van der Waals surface area contributed by atoms with Gasteiger partial charge in [0.15, 0.2) is 0 Å². The molecule has 0 radical (unpaired) electrons. The zero-order valence-electron chi connectivity index (χ0n) is 16.7. The van der Waals surface area contributed by atoms with Gasteiger partial charge in [-0.2, -0.15) is 4.98 Å². The Labute approximate surface area is 169 Å². The number of piperidine rings is 1. The van der Waals surface area contributed by atoms with Gasteiger partial charge in [0.2, 0.25) is 5.91 Å². The van der Waals surface area contributed by atoms with Crippen LogP contribution in [0.25, 0.3) is 22.4 Å². The molecule has 0 aliphatic carbocycles. The zero-order chi connectivity index (χ0) is 19.8. The number of aromatic nitrogens is 3. The number of amides is 1. The topological polar surface area (TPSA) is 75.4 Å². The molecule has 7 heteroatoms. The van der Waals surface area contributed by atoms with Gasteiger partial charge in [0, 0.05) is 37.7 Å². The SMILES string of the molecule is Cc1ccc(-c2noc3ncnc(N4CCC(C(=O)N5CCCC5)CC4)c23)cc1. The fourth-order valence-corrected chi connectivity index (χ4v) is 4.45. The predicted molar refractivity (Wildman–Crippen MR) is 111 cm³/mol. The lowest BCUT2D eigenvalue weighted by Crippen LogP contribution is -2.42. The molecule has 2 aromatic heterocycles. The molecule has 2 fully saturated rings. The number of benzene rings is 1. The quantitative estimate of drug-likeness (QED) is 0.681. The van der Waals surface area contributed by atoms with Crippen molar-refractivity contribution in [3.8, 4) is 11.3 Å². The van der Waals surface area contributed by atoms with Gasteiger partial charge in [-0.3, -0.25) is 4.79 Å². The van der Waals surface area contributed by atoms with Gasteiger partial charge in [-0.25, -0.2) is 4.98 Å². The molecule has 1 aromatic carbocycles. The van der Waals surface area contributed by atoms with Crippen LogP contribution >= 0.6 is 0 Å². The van der Waals surface area contributed by atoms with Crippen LogP contribution in [-0.4, -0.2) is 52.1 Å². The molecule has 2 aliphatic rings. The van der Waals surface area contributed by atoms with Crippen molar-refractivity contribution in [2.75, 3.05) is 31.1 Å². The second-order valence-electron chi connectivity index (χ2n) is 8.07. The Morgan fingerprint density at radius 1 is 1.03 bits per heavy atom. The van der Waals surface area contributed by atoms with E-state index in [-0.39, 0.29) is 5.92 Å². The summed E-state index contributed by atoms with van der Waals surface area (Å²) in [5.41, 5.74) is 3.46. The van der Waals surface area contributed by atoms with Gasteiger partial charge < -0.3 is 14.3 Å². The summed E-state index contributed by atoms with van der Waals surface area (Å²) in [4.78, 5) is 25.9. The molecular formula is C22H25N5O2. The first kappa shape index (κ1) is 18.1. The molecule has 0 spiro atoms. The van der Waals surface area contributed by atoms with Crippen LogP contribution in [0.2, 0.25) is 0 Å². The molecule has 2 saturated heterocycles. The third-order valence-electron chi connectivity index (χ3n) is 6.14.